The first-order valence-corrected chi connectivity index (χ1v) is 7.35. The molecule has 0 unspecified atom stereocenters. The van der Waals surface area contributed by atoms with Crippen molar-refractivity contribution in [2.75, 3.05) is 18.5 Å². The van der Waals surface area contributed by atoms with Gasteiger partial charge in [0.2, 0.25) is 0 Å². The van der Waals surface area contributed by atoms with E-state index in [-0.39, 0.29) is 24.0 Å². The fourth-order valence-electron chi connectivity index (χ4n) is 1.85. The molecule has 7 heteroatoms. The third kappa shape index (κ3) is 5.28. The number of carbonyl (C=O) groups excluding carboxylic acids is 1. The number of nitrogens with zero attached hydrogens (tertiary/aromatic N) is 1. The lowest BCUT2D eigenvalue weighted by Crippen LogP contribution is -2.25. The van der Waals surface area contributed by atoms with Crippen molar-refractivity contribution in [1.82, 2.24) is 5.43 Å². The maximum atomic E-state index is 12.8. The number of hydrazone groups is 1. The molecule has 0 radical (unpaired) electrons. The molecule has 0 aliphatic heterocycles. The van der Waals surface area contributed by atoms with Crippen LogP contribution in [0.2, 0.25) is 0 Å². The molecule has 126 valence electrons. The number of amides is 1. The molecule has 6 nitrogen and oxygen atoms in total. The van der Waals surface area contributed by atoms with Crippen LogP contribution in [0, 0.1) is 5.82 Å². The van der Waals surface area contributed by atoms with Gasteiger partial charge in [0.05, 0.1) is 19.4 Å². The average Bonchev–Trinajstić information content (AvgIpc) is 2.57. The van der Waals surface area contributed by atoms with Gasteiger partial charge < -0.3 is 15.2 Å². The Bertz CT molecular complexity index is 718. The van der Waals surface area contributed by atoms with Gasteiger partial charge >= 0.3 is 0 Å². The molecule has 0 bridgehead atoms. The number of nitrogens with one attached hydrogen (secondary N) is 2. The maximum absolute atomic E-state index is 12.8. The predicted molar refractivity (Wildman–Crippen MR) is 89.9 cm³/mol. The highest BCUT2D eigenvalue weighted by atomic mass is 19.1. The summed E-state index contributed by atoms with van der Waals surface area (Å²) in [5, 5.41) is 16.3. The number of hydrogen-bond donors (Lipinski definition) is 3. The first-order chi connectivity index (χ1) is 11.6. The van der Waals surface area contributed by atoms with E-state index in [0.717, 1.165) is 0 Å². The molecule has 24 heavy (non-hydrogen) atoms. The Morgan fingerprint density at radius 1 is 1.29 bits per heavy atom. The Balaban J connectivity index is 1.83. The van der Waals surface area contributed by atoms with Crippen molar-refractivity contribution >= 4 is 17.8 Å². The van der Waals surface area contributed by atoms with Crippen LogP contribution in [-0.2, 0) is 4.79 Å². The van der Waals surface area contributed by atoms with E-state index in [1.165, 1.54) is 36.5 Å². The molecule has 0 heterocycles. The topological polar surface area (TPSA) is 83.0 Å². The first-order valence-electron chi connectivity index (χ1n) is 7.35. The Kier molecular flexibility index (Phi) is 6.13. The summed E-state index contributed by atoms with van der Waals surface area (Å²) in [6, 6.07) is 10.4. The van der Waals surface area contributed by atoms with Crippen molar-refractivity contribution in [2.24, 2.45) is 5.10 Å². The van der Waals surface area contributed by atoms with Crippen LogP contribution < -0.4 is 15.5 Å². The second kappa shape index (κ2) is 8.52. The Labute approximate surface area is 139 Å². The summed E-state index contributed by atoms with van der Waals surface area (Å²) in [6.45, 7) is 2.25. The standard InChI is InChI=1S/C17H18FN3O3/c1-2-24-16-9-12(3-8-15(16)22)10-20-21-17(23)11-19-14-6-4-13(18)5-7-14/h3-10,19,22H,2,11H2,1H3,(H,21,23)/b20-10-. The molecule has 0 aliphatic rings. The Morgan fingerprint density at radius 3 is 2.75 bits per heavy atom. The Morgan fingerprint density at radius 2 is 2.04 bits per heavy atom. The number of hydrogen-bond acceptors (Lipinski definition) is 5. The highest BCUT2D eigenvalue weighted by Gasteiger charge is 2.03. The predicted octanol–water partition coefficient (Wildman–Crippen LogP) is 2.49. The first kappa shape index (κ1) is 17.3. The fraction of sp³-hybridized carbons (Fsp3) is 0.176. The van der Waals surface area contributed by atoms with Crippen LogP contribution in [0.25, 0.3) is 0 Å². The number of anilines is 1. The number of benzene rings is 2. The van der Waals surface area contributed by atoms with E-state index < -0.39 is 0 Å². The molecule has 2 aromatic rings. The van der Waals surface area contributed by atoms with E-state index in [1.807, 2.05) is 6.92 Å². The van der Waals surface area contributed by atoms with E-state index in [0.29, 0.717) is 23.6 Å². The quantitative estimate of drug-likeness (QED) is 0.538. The summed E-state index contributed by atoms with van der Waals surface area (Å²) in [5.41, 5.74) is 3.67. The Hall–Kier alpha value is -3.09. The average molecular weight is 331 g/mol. The van der Waals surface area contributed by atoms with Gasteiger partial charge in [-0.25, -0.2) is 9.82 Å². The van der Waals surface area contributed by atoms with Crippen molar-refractivity contribution in [3.8, 4) is 11.5 Å². The summed E-state index contributed by atoms with van der Waals surface area (Å²) in [5.74, 6) is -0.290. The zero-order valence-corrected chi connectivity index (χ0v) is 13.1. The second-order valence-electron chi connectivity index (χ2n) is 4.81. The van der Waals surface area contributed by atoms with Gasteiger partial charge in [0.25, 0.3) is 5.91 Å². The zero-order chi connectivity index (χ0) is 17.4. The van der Waals surface area contributed by atoms with Gasteiger partial charge in [0.15, 0.2) is 11.5 Å². The molecule has 0 saturated heterocycles. The molecule has 0 aromatic heterocycles. The van der Waals surface area contributed by atoms with Crippen LogP contribution in [0.4, 0.5) is 10.1 Å². The zero-order valence-electron chi connectivity index (χ0n) is 13.1. The van der Waals surface area contributed by atoms with Gasteiger partial charge in [-0.1, -0.05) is 0 Å². The number of rotatable bonds is 7. The minimum atomic E-state index is -0.348. The van der Waals surface area contributed by atoms with Crippen molar-refractivity contribution in [1.29, 1.82) is 0 Å². The lowest BCUT2D eigenvalue weighted by atomic mass is 10.2. The molecule has 2 aromatic carbocycles. The van der Waals surface area contributed by atoms with Crippen LogP contribution >= 0.6 is 0 Å². The van der Waals surface area contributed by atoms with Crippen LogP contribution in [0.15, 0.2) is 47.6 Å². The highest BCUT2D eigenvalue weighted by Crippen LogP contribution is 2.26. The van der Waals surface area contributed by atoms with E-state index in [9.17, 15) is 14.3 Å². The molecule has 0 aliphatic carbocycles. The van der Waals surface area contributed by atoms with E-state index >= 15 is 0 Å². The van der Waals surface area contributed by atoms with Gasteiger partial charge in [-0.3, -0.25) is 4.79 Å². The minimum Gasteiger partial charge on any atom is -0.504 e. The van der Waals surface area contributed by atoms with E-state index in [4.69, 9.17) is 4.74 Å². The number of carbonyl (C=O) groups is 1. The SMILES string of the molecule is CCOc1cc(/C=N\NC(=O)CNc2ccc(F)cc2)ccc1O. The van der Waals surface area contributed by atoms with Crippen LogP contribution in [0.3, 0.4) is 0 Å². The van der Waals surface area contributed by atoms with Gasteiger partial charge in [0, 0.05) is 5.69 Å². The van der Waals surface area contributed by atoms with E-state index in [1.54, 1.807) is 12.1 Å². The molecule has 0 atom stereocenters. The molecule has 3 N–H and O–H groups in total. The summed E-state index contributed by atoms with van der Waals surface area (Å²) in [7, 11) is 0. The van der Waals surface area contributed by atoms with Gasteiger partial charge in [-0.15, -0.1) is 0 Å². The third-order valence-electron chi connectivity index (χ3n) is 2.98. The van der Waals surface area contributed by atoms with Crippen LogP contribution in [-0.4, -0.2) is 30.4 Å². The van der Waals surface area contributed by atoms with Crippen molar-refractivity contribution in [2.45, 2.75) is 6.92 Å². The molecule has 0 saturated carbocycles. The fourth-order valence-corrected chi connectivity index (χ4v) is 1.85. The third-order valence-corrected chi connectivity index (χ3v) is 2.98. The summed E-state index contributed by atoms with van der Waals surface area (Å²) >= 11 is 0. The summed E-state index contributed by atoms with van der Waals surface area (Å²) in [6.07, 6.45) is 1.44. The summed E-state index contributed by atoms with van der Waals surface area (Å²) < 4.78 is 18.0. The number of halogens is 1. The second-order valence-corrected chi connectivity index (χ2v) is 4.81. The number of ether oxygens (including phenoxy) is 1. The molecule has 0 spiro atoms. The highest BCUT2D eigenvalue weighted by molar-refractivity contribution is 5.84. The van der Waals surface area contributed by atoms with Crippen molar-refractivity contribution < 1.29 is 19.0 Å². The molecule has 0 fully saturated rings. The number of phenols is 1. The van der Waals surface area contributed by atoms with Crippen molar-refractivity contribution in [3.63, 3.8) is 0 Å². The molecule has 2 rings (SSSR count). The molecular weight excluding hydrogens is 313 g/mol. The number of aromatic hydroxyl groups is 1. The van der Waals surface area contributed by atoms with Gasteiger partial charge in [-0.2, -0.15) is 5.10 Å². The van der Waals surface area contributed by atoms with Crippen molar-refractivity contribution in [3.05, 3.63) is 53.8 Å². The van der Waals surface area contributed by atoms with Gasteiger partial charge in [-0.05, 0) is 55.0 Å². The summed E-state index contributed by atoms with van der Waals surface area (Å²) in [4.78, 5) is 11.7. The number of phenolic OH excluding ortho intramolecular Hbond substituents is 1. The largest absolute Gasteiger partial charge is 0.504 e. The van der Waals surface area contributed by atoms with E-state index in [2.05, 4.69) is 15.8 Å². The van der Waals surface area contributed by atoms with Gasteiger partial charge in [0.1, 0.15) is 5.82 Å². The maximum Gasteiger partial charge on any atom is 0.259 e. The van der Waals surface area contributed by atoms with Crippen LogP contribution in [0.5, 0.6) is 11.5 Å². The lowest BCUT2D eigenvalue weighted by Gasteiger charge is -2.06. The minimum absolute atomic E-state index is 0.00272. The normalized spacial score (nSPS) is 10.6. The smallest absolute Gasteiger partial charge is 0.259 e. The van der Waals surface area contributed by atoms with Crippen LogP contribution in [0.1, 0.15) is 12.5 Å². The molecular formula is C17H18FN3O3. The monoisotopic (exact) mass is 331 g/mol. The lowest BCUT2D eigenvalue weighted by molar-refractivity contribution is -0.119. The molecule has 1 amide bonds.